The van der Waals surface area contributed by atoms with E-state index in [2.05, 4.69) is 4.98 Å². The van der Waals surface area contributed by atoms with E-state index < -0.39 is 23.7 Å². The van der Waals surface area contributed by atoms with Crippen molar-refractivity contribution in [2.24, 2.45) is 0 Å². The molecule has 1 amide bonds. The topological polar surface area (TPSA) is 96.8 Å². The number of aliphatic hydroxyl groups excluding tert-OH is 1. The molecule has 0 radical (unpaired) electrons. The SMILES string of the molecule is COC(=O)c1ccc(C2/C(=C(/O)c3ccc(Cl)cc3)C(=O)C(=O)N2c2nc3ccccc3s2)cc1. The number of rotatable bonds is 4. The molecule has 0 saturated carbocycles. The van der Waals surface area contributed by atoms with Gasteiger partial charge in [0.1, 0.15) is 5.76 Å². The Hall–Kier alpha value is -4.01. The summed E-state index contributed by atoms with van der Waals surface area (Å²) in [5, 5.41) is 12.0. The van der Waals surface area contributed by atoms with Crippen LogP contribution in [-0.2, 0) is 14.3 Å². The number of thiazole rings is 1. The molecule has 3 aromatic carbocycles. The molecule has 2 heterocycles. The summed E-state index contributed by atoms with van der Waals surface area (Å²) in [6.45, 7) is 0. The van der Waals surface area contributed by atoms with Crippen molar-refractivity contribution in [3.63, 3.8) is 0 Å². The van der Waals surface area contributed by atoms with Crippen LogP contribution in [-0.4, -0.2) is 34.9 Å². The van der Waals surface area contributed by atoms with Crippen LogP contribution in [0, 0.1) is 0 Å². The van der Waals surface area contributed by atoms with Gasteiger partial charge in [0, 0.05) is 10.6 Å². The Morgan fingerprint density at radius 2 is 1.66 bits per heavy atom. The largest absolute Gasteiger partial charge is 0.507 e. The summed E-state index contributed by atoms with van der Waals surface area (Å²) >= 11 is 7.24. The summed E-state index contributed by atoms with van der Waals surface area (Å²) < 4.78 is 5.61. The van der Waals surface area contributed by atoms with Crippen molar-refractivity contribution >= 4 is 61.7 Å². The minimum atomic E-state index is -0.960. The second-order valence-corrected chi connectivity index (χ2v) is 9.20. The second kappa shape index (κ2) is 8.98. The molecule has 0 aliphatic carbocycles. The monoisotopic (exact) mass is 504 g/mol. The van der Waals surface area contributed by atoms with Crippen molar-refractivity contribution in [3.8, 4) is 0 Å². The number of aromatic nitrogens is 1. The average molecular weight is 505 g/mol. The first kappa shape index (κ1) is 22.8. The number of esters is 1. The Labute approximate surface area is 208 Å². The highest BCUT2D eigenvalue weighted by molar-refractivity contribution is 7.22. The van der Waals surface area contributed by atoms with E-state index in [1.54, 1.807) is 48.5 Å². The number of nitrogens with zero attached hydrogens (tertiary/aromatic N) is 2. The van der Waals surface area contributed by atoms with Crippen molar-refractivity contribution in [2.75, 3.05) is 12.0 Å². The molecular weight excluding hydrogens is 488 g/mol. The Kier molecular flexibility index (Phi) is 5.84. The first-order valence-corrected chi connectivity index (χ1v) is 11.7. The van der Waals surface area contributed by atoms with E-state index in [0.717, 1.165) is 4.70 Å². The quantitative estimate of drug-likeness (QED) is 0.174. The van der Waals surface area contributed by atoms with Crippen LogP contribution >= 0.6 is 22.9 Å². The number of hydrogen-bond donors (Lipinski definition) is 1. The molecule has 5 rings (SSSR count). The molecule has 1 aromatic heterocycles. The molecule has 174 valence electrons. The van der Waals surface area contributed by atoms with Crippen molar-refractivity contribution in [2.45, 2.75) is 6.04 Å². The van der Waals surface area contributed by atoms with Gasteiger partial charge in [-0.1, -0.05) is 47.2 Å². The van der Waals surface area contributed by atoms with E-state index in [1.165, 1.54) is 23.3 Å². The predicted octanol–water partition coefficient (Wildman–Crippen LogP) is 5.36. The lowest BCUT2D eigenvalue weighted by Crippen LogP contribution is -2.29. The molecule has 0 spiro atoms. The van der Waals surface area contributed by atoms with Crippen molar-refractivity contribution in [1.82, 2.24) is 4.98 Å². The minimum Gasteiger partial charge on any atom is -0.507 e. The lowest BCUT2D eigenvalue weighted by Gasteiger charge is -2.23. The zero-order valence-electron chi connectivity index (χ0n) is 18.3. The third-order valence-corrected chi connectivity index (χ3v) is 6.99. The number of hydrogen-bond acceptors (Lipinski definition) is 7. The minimum absolute atomic E-state index is 0.0811. The number of methoxy groups -OCH3 is 1. The third kappa shape index (κ3) is 3.96. The third-order valence-electron chi connectivity index (χ3n) is 5.70. The molecule has 4 aromatic rings. The summed E-state index contributed by atoms with van der Waals surface area (Å²) in [4.78, 5) is 44.3. The Balaban J connectivity index is 1.70. The van der Waals surface area contributed by atoms with Gasteiger partial charge in [0.25, 0.3) is 5.78 Å². The first-order valence-electron chi connectivity index (χ1n) is 10.5. The lowest BCUT2D eigenvalue weighted by molar-refractivity contribution is -0.132. The summed E-state index contributed by atoms with van der Waals surface area (Å²) in [7, 11) is 1.28. The average Bonchev–Trinajstić information content (AvgIpc) is 3.42. The summed E-state index contributed by atoms with van der Waals surface area (Å²) in [6.07, 6.45) is 0. The fourth-order valence-electron chi connectivity index (χ4n) is 3.99. The number of ketones is 1. The second-order valence-electron chi connectivity index (χ2n) is 7.75. The van der Waals surface area contributed by atoms with Crippen LogP contribution < -0.4 is 4.90 Å². The van der Waals surface area contributed by atoms with Gasteiger partial charge in [-0.2, -0.15) is 0 Å². The van der Waals surface area contributed by atoms with Gasteiger partial charge in [0.2, 0.25) is 0 Å². The number of fused-ring (bicyclic) bond motifs is 1. The molecule has 0 bridgehead atoms. The number of anilines is 1. The number of amides is 1. The highest BCUT2D eigenvalue weighted by Gasteiger charge is 2.48. The maximum atomic E-state index is 13.3. The molecule has 7 nitrogen and oxygen atoms in total. The molecule has 1 unspecified atom stereocenters. The van der Waals surface area contributed by atoms with E-state index in [0.29, 0.717) is 32.4 Å². The molecule has 1 aliphatic heterocycles. The van der Waals surface area contributed by atoms with Gasteiger partial charge in [0.15, 0.2) is 5.13 Å². The maximum Gasteiger partial charge on any atom is 0.337 e. The Morgan fingerprint density at radius 3 is 2.31 bits per heavy atom. The van der Waals surface area contributed by atoms with Crippen LogP contribution in [0.15, 0.2) is 78.4 Å². The highest BCUT2D eigenvalue weighted by atomic mass is 35.5. The fourth-order valence-corrected chi connectivity index (χ4v) is 5.11. The van der Waals surface area contributed by atoms with Crippen molar-refractivity contribution < 1.29 is 24.2 Å². The van der Waals surface area contributed by atoms with Gasteiger partial charge >= 0.3 is 11.9 Å². The number of Topliss-reactive ketones (excluding diaryl/α,β-unsaturated/α-hetero) is 1. The van der Waals surface area contributed by atoms with Crippen LogP contribution in [0.25, 0.3) is 16.0 Å². The number of ether oxygens (including phenoxy) is 1. The molecule has 1 N–H and O–H groups in total. The molecule has 1 fully saturated rings. The Morgan fingerprint density at radius 1 is 1.00 bits per heavy atom. The van der Waals surface area contributed by atoms with Gasteiger partial charge in [-0.15, -0.1) is 0 Å². The van der Waals surface area contributed by atoms with Crippen LogP contribution in [0.5, 0.6) is 0 Å². The summed E-state index contributed by atoms with van der Waals surface area (Å²) in [5.74, 6) is -2.48. The molecule has 1 atom stereocenters. The van der Waals surface area contributed by atoms with E-state index in [-0.39, 0.29) is 11.3 Å². The number of aliphatic hydroxyl groups is 1. The zero-order valence-corrected chi connectivity index (χ0v) is 19.8. The molecule has 9 heteroatoms. The van der Waals surface area contributed by atoms with Crippen LogP contribution in [0.4, 0.5) is 5.13 Å². The number of para-hydroxylation sites is 1. The van der Waals surface area contributed by atoms with Gasteiger partial charge in [-0.3, -0.25) is 14.5 Å². The van der Waals surface area contributed by atoms with E-state index in [4.69, 9.17) is 16.3 Å². The summed E-state index contributed by atoms with van der Waals surface area (Å²) in [5.41, 5.74) is 1.78. The molecule has 35 heavy (non-hydrogen) atoms. The predicted molar refractivity (Wildman–Crippen MR) is 134 cm³/mol. The van der Waals surface area contributed by atoms with E-state index in [9.17, 15) is 19.5 Å². The number of carbonyl (C=O) groups is 3. The Bertz CT molecular complexity index is 1480. The highest BCUT2D eigenvalue weighted by Crippen LogP contribution is 2.44. The smallest absolute Gasteiger partial charge is 0.337 e. The van der Waals surface area contributed by atoms with Crippen LogP contribution in [0.2, 0.25) is 5.02 Å². The van der Waals surface area contributed by atoms with Crippen molar-refractivity contribution in [3.05, 3.63) is 100 Å². The molecule has 1 aliphatic rings. The van der Waals surface area contributed by atoms with Crippen LogP contribution in [0.1, 0.15) is 27.5 Å². The molecule has 1 saturated heterocycles. The number of benzene rings is 3. The van der Waals surface area contributed by atoms with Gasteiger partial charge in [0.05, 0.1) is 34.5 Å². The molecular formula is C26H17ClN2O5S. The van der Waals surface area contributed by atoms with Gasteiger partial charge in [-0.25, -0.2) is 9.78 Å². The maximum absolute atomic E-state index is 13.3. The summed E-state index contributed by atoms with van der Waals surface area (Å²) in [6, 6.07) is 19.1. The lowest BCUT2D eigenvalue weighted by atomic mass is 9.95. The van der Waals surface area contributed by atoms with Gasteiger partial charge < -0.3 is 9.84 Å². The zero-order chi connectivity index (χ0) is 24.7. The van der Waals surface area contributed by atoms with Crippen molar-refractivity contribution in [1.29, 1.82) is 0 Å². The standard InChI is InChI=1S/C26H17ClN2O5S/c1-34-25(33)16-8-6-14(7-9-16)21-20(22(30)15-10-12-17(27)13-11-15)23(31)24(32)29(21)26-28-18-4-2-3-5-19(18)35-26/h2-13,21,30H,1H3/b22-20-. The normalized spacial score (nSPS) is 17.2. The number of carbonyl (C=O) groups excluding carboxylic acids is 3. The first-order chi connectivity index (χ1) is 16.9. The van der Waals surface area contributed by atoms with Crippen LogP contribution in [0.3, 0.4) is 0 Å². The number of halogens is 1. The van der Waals surface area contributed by atoms with E-state index in [1.807, 2.05) is 24.3 Å². The van der Waals surface area contributed by atoms with E-state index >= 15 is 0 Å². The van der Waals surface area contributed by atoms with Gasteiger partial charge in [-0.05, 0) is 54.1 Å². The fraction of sp³-hybridized carbons (Fsp3) is 0.0769.